The van der Waals surface area contributed by atoms with Crippen LogP contribution in [0.3, 0.4) is 0 Å². The largest absolute Gasteiger partial charge is 0.497 e. The summed E-state index contributed by atoms with van der Waals surface area (Å²) in [6, 6.07) is 5.19. The number of ether oxygens (including phenoxy) is 3. The molecule has 7 heteroatoms. The number of hydrogen-bond acceptors (Lipinski definition) is 5. The fraction of sp³-hybridized carbons (Fsp3) is 0.562. The molecule has 1 unspecified atom stereocenters. The quantitative estimate of drug-likeness (QED) is 0.775. The minimum Gasteiger partial charge on any atom is -0.497 e. The highest BCUT2D eigenvalue weighted by Crippen LogP contribution is 2.32. The molecule has 1 fully saturated rings. The van der Waals surface area contributed by atoms with Crippen LogP contribution in [0.4, 0.5) is 0 Å². The molecule has 6 nitrogen and oxygen atoms in total. The maximum absolute atomic E-state index is 12.5. The molecule has 0 radical (unpaired) electrons. The van der Waals surface area contributed by atoms with E-state index in [0.29, 0.717) is 6.54 Å². The lowest BCUT2D eigenvalue weighted by Crippen LogP contribution is -2.46. The van der Waals surface area contributed by atoms with Crippen LogP contribution in [0.25, 0.3) is 0 Å². The van der Waals surface area contributed by atoms with E-state index in [-0.39, 0.29) is 31.0 Å². The smallest absolute Gasteiger partial charge is 0.242 e. The van der Waals surface area contributed by atoms with E-state index >= 15 is 0 Å². The third kappa shape index (κ3) is 4.99. The van der Waals surface area contributed by atoms with E-state index in [9.17, 15) is 4.79 Å². The summed E-state index contributed by atoms with van der Waals surface area (Å²) in [7, 11) is 4.77. The van der Waals surface area contributed by atoms with E-state index in [1.165, 1.54) is 0 Å². The number of rotatable bonds is 8. The fourth-order valence-electron chi connectivity index (χ4n) is 2.43. The van der Waals surface area contributed by atoms with E-state index in [1.807, 2.05) is 23.1 Å². The van der Waals surface area contributed by atoms with Gasteiger partial charge < -0.3 is 24.8 Å². The predicted molar refractivity (Wildman–Crippen MR) is 90.2 cm³/mol. The van der Waals surface area contributed by atoms with Crippen molar-refractivity contribution in [2.45, 2.75) is 31.5 Å². The summed E-state index contributed by atoms with van der Waals surface area (Å²) in [6.45, 7) is 0.679. The molecule has 1 amide bonds. The third-order valence-electron chi connectivity index (χ3n) is 3.76. The lowest BCUT2D eigenvalue weighted by Gasteiger charge is -2.26. The van der Waals surface area contributed by atoms with Crippen LogP contribution >= 0.6 is 12.4 Å². The number of halogens is 1. The molecule has 0 aromatic heterocycles. The topological polar surface area (TPSA) is 74.0 Å². The SMILES string of the molecule is COCC(N)C(=O)N(Cc1cc(OC)ccc1OC)C1CC1.Cl. The van der Waals surface area contributed by atoms with Crippen molar-refractivity contribution in [3.8, 4) is 11.5 Å². The number of carbonyl (C=O) groups is 1. The van der Waals surface area contributed by atoms with Crippen molar-refractivity contribution in [1.82, 2.24) is 4.90 Å². The molecule has 0 saturated heterocycles. The lowest BCUT2D eigenvalue weighted by molar-refractivity contribution is -0.135. The molecule has 1 saturated carbocycles. The summed E-state index contributed by atoms with van der Waals surface area (Å²) in [5.41, 5.74) is 6.81. The van der Waals surface area contributed by atoms with Gasteiger partial charge in [0.1, 0.15) is 17.5 Å². The summed E-state index contributed by atoms with van der Waals surface area (Å²) in [5, 5.41) is 0. The molecule has 0 aliphatic heterocycles. The Bertz CT molecular complexity index is 523. The van der Waals surface area contributed by atoms with E-state index < -0.39 is 6.04 Å². The van der Waals surface area contributed by atoms with Crippen LogP contribution in [0.15, 0.2) is 18.2 Å². The second-order valence-corrected chi connectivity index (χ2v) is 5.44. The van der Waals surface area contributed by atoms with E-state index in [0.717, 1.165) is 29.9 Å². The van der Waals surface area contributed by atoms with Gasteiger partial charge in [-0.2, -0.15) is 0 Å². The van der Waals surface area contributed by atoms with E-state index in [4.69, 9.17) is 19.9 Å². The Morgan fingerprint density at radius 3 is 2.52 bits per heavy atom. The highest BCUT2D eigenvalue weighted by molar-refractivity contribution is 5.85. The van der Waals surface area contributed by atoms with Crippen molar-refractivity contribution in [2.24, 2.45) is 5.73 Å². The van der Waals surface area contributed by atoms with Gasteiger partial charge in [0, 0.05) is 25.3 Å². The number of nitrogens with two attached hydrogens (primary N) is 1. The molecular formula is C16H25ClN2O4. The Morgan fingerprint density at radius 1 is 1.30 bits per heavy atom. The Kier molecular flexibility index (Phi) is 7.61. The van der Waals surface area contributed by atoms with Gasteiger partial charge in [-0.25, -0.2) is 0 Å². The molecule has 2 rings (SSSR count). The van der Waals surface area contributed by atoms with Crippen molar-refractivity contribution in [2.75, 3.05) is 27.9 Å². The number of amides is 1. The standard InChI is InChI=1S/C16H24N2O4.ClH/c1-20-10-14(17)16(19)18(12-4-5-12)9-11-8-13(21-2)6-7-15(11)22-3;/h6-8,12,14H,4-5,9-10,17H2,1-3H3;1H. The number of methoxy groups -OCH3 is 3. The molecule has 1 aliphatic carbocycles. The Labute approximate surface area is 143 Å². The van der Waals surface area contributed by atoms with Gasteiger partial charge in [-0.3, -0.25) is 4.79 Å². The highest BCUT2D eigenvalue weighted by Gasteiger charge is 2.35. The Morgan fingerprint density at radius 2 is 2.00 bits per heavy atom. The summed E-state index contributed by atoms with van der Waals surface area (Å²) in [5.74, 6) is 1.38. The molecule has 0 spiro atoms. The predicted octanol–water partition coefficient (Wildman–Crippen LogP) is 1.59. The molecule has 1 aromatic carbocycles. The molecule has 2 N–H and O–H groups in total. The van der Waals surface area contributed by atoms with Crippen LogP contribution in [0.5, 0.6) is 11.5 Å². The third-order valence-corrected chi connectivity index (χ3v) is 3.76. The minimum atomic E-state index is -0.637. The molecule has 0 heterocycles. The maximum Gasteiger partial charge on any atom is 0.242 e. The van der Waals surface area contributed by atoms with E-state index in [2.05, 4.69) is 0 Å². The Balaban J connectivity index is 0.00000264. The second kappa shape index (κ2) is 8.96. The average Bonchev–Trinajstić information content (AvgIpc) is 3.36. The van der Waals surface area contributed by atoms with Gasteiger partial charge in [-0.05, 0) is 31.0 Å². The number of carbonyl (C=O) groups excluding carboxylic acids is 1. The molecule has 1 aromatic rings. The van der Waals surface area contributed by atoms with E-state index in [1.54, 1.807) is 21.3 Å². The van der Waals surface area contributed by atoms with Gasteiger partial charge in [0.05, 0.1) is 20.8 Å². The molecular weight excluding hydrogens is 320 g/mol. The molecule has 130 valence electrons. The average molecular weight is 345 g/mol. The van der Waals surface area contributed by atoms with Gasteiger partial charge in [0.15, 0.2) is 0 Å². The first kappa shape index (κ1) is 19.5. The number of benzene rings is 1. The van der Waals surface area contributed by atoms with Crippen molar-refractivity contribution in [3.05, 3.63) is 23.8 Å². The summed E-state index contributed by atoms with van der Waals surface area (Å²) in [4.78, 5) is 14.3. The molecule has 0 bridgehead atoms. The van der Waals surface area contributed by atoms with Crippen LogP contribution in [-0.2, 0) is 16.1 Å². The van der Waals surface area contributed by atoms with Gasteiger partial charge >= 0.3 is 0 Å². The first-order valence-corrected chi connectivity index (χ1v) is 7.36. The zero-order valence-corrected chi connectivity index (χ0v) is 14.6. The van der Waals surface area contributed by atoms with Gasteiger partial charge in [0.2, 0.25) is 5.91 Å². The first-order valence-electron chi connectivity index (χ1n) is 7.36. The van der Waals surface area contributed by atoms with Crippen LogP contribution in [-0.4, -0.2) is 50.8 Å². The van der Waals surface area contributed by atoms with Gasteiger partial charge in [-0.1, -0.05) is 0 Å². The zero-order valence-electron chi connectivity index (χ0n) is 13.8. The lowest BCUT2D eigenvalue weighted by atomic mass is 10.1. The normalized spacial score (nSPS) is 14.6. The number of nitrogens with zero attached hydrogens (tertiary/aromatic N) is 1. The summed E-state index contributed by atoms with van der Waals surface area (Å²) < 4.78 is 15.6. The number of hydrogen-bond donors (Lipinski definition) is 1. The minimum absolute atomic E-state index is 0. The summed E-state index contributed by atoms with van der Waals surface area (Å²) >= 11 is 0. The molecule has 1 atom stereocenters. The zero-order chi connectivity index (χ0) is 16.1. The second-order valence-electron chi connectivity index (χ2n) is 5.44. The molecule has 23 heavy (non-hydrogen) atoms. The summed E-state index contributed by atoms with van der Waals surface area (Å²) in [6.07, 6.45) is 2.02. The molecule has 1 aliphatic rings. The monoisotopic (exact) mass is 344 g/mol. The fourth-order valence-corrected chi connectivity index (χ4v) is 2.43. The van der Waals surface area contributed by atoms with Crippen LogP contribution in [0, 0.1) is 0 Å². The maximum atomic E-state index is 12.5. The van der Waals surface area contributed by atoms with Crippen molar-refractivity contribution in [1.29, 1.82) is 0 Å². The van der Waals surface area contributed by atoms with Gasteiger partial charge in [0.25, 0.3) is 0 Å². The van der Waals surface area contributed by atoms with Crippen LogP contribution in [0.1, 0.15) is 18.4 Å². The van der Waals surface area contributed by atoms with Gasteiger partial charge in [-0.15, -0.1) is 12.4 Å². The van der Waals surface area contributed by atoms with Crippen LogP contribution in [0.2, 0.25) is 0 Å². The van der Waals surface area contributed by atoms with Crippen molar-refractivity contribution >= 4 is 18.3 Å². The highest BCUT2D eigenvalue weighted by atomic mass is 35.5. The first-order chi connectivity index (χ1) is 10.6. The van der Waals surface area contributed by atoms with Crippen molar-refractivity contribution in [3.63, 3.8) is 0 Å². The van der Waals surface area contributed by atoms with Crippen LogP contribution < -0.4 is 15.2 Å². The Hall–Kier alpha value is -1.50. The van der Waals surface area contributed by atoms with Crippen molar-refractivity contribution < 1.29 is 19.0 Å².